The van der Waals surface area contributed by atoms with Gasteiger partial charge in [-0.2, -0.15) is 0 Å². The van der Waals surface area contributed by atoms with E-state index in [4.69, 9.17) is 16.6 Å². The van der Waals surface area contributed by atoms with E-state index in [1.165, 1.54) is 0 Å². The first-order valence-electron chi connectivity index (χ1n) is 8.65. The molecular weight excluding hydrogens is 364 g/mol. The van der Waals surface area contributed by atoms with Crippen LogP contribution in [0.15, 0.2) is 58.6 Å². The molecule has 0 saturated heterocycles. The van der Waals surface area contributed by atoms with Gasteiger partial charge in [-0.1, -0.05) is 49.3 Å². The molecule has 2 aromatic heterocycles. The normalized spacial score (nSPS) is 11.3. The maximum atomic E-state index is 6.18. The monoisotopic (exact) mass is 386 g/mol. The van der Waals surface area contributed by atoms with Crippen LogP contribution in [-0.4, -0.2) is 21.6 Å². The molecule has 2 heterocycles. The number of halogens is 1. The second-order valence-electron chi connectivity index (χ2n) is 6.37. The predicted octanol–water partition coefficient (Wildman–Crippen LogP) is 4.97. The topological polar surface area (TPSA) is 42.7 Å². The van der Waals surface area contributed by atoms with Gasteiger partial charge in [0.25, 0.3) is 0 Å². The molecule has 0 aliphatic carbocycles. The molecule has 0 bridgehead atoms. The minimum absolute atomic E-state index is 0.331. The van der Waals surface area contributed by atoms with Crippen LogP contribution in [0.3, 0.4) is 0 Å². The number of nitrogens with zero attached hydrogens (tertiary/aromatic N) is 3. The quantitative estimate of drug-likeness (QED) is 0.622. The standard InChI is InChI=1S/C20H23ClN4S/c1-14(2)19-20(26-17-9-6-7-15(21)11-17)25(18(24-19)12-22-3)13-16-8-4-5-10-23-16/h4-11,14,22H,12-13H2,1-3H3. The number of imidazole rings is 1. The number of hydrogen-bond acceptors (Lipinski definition) is 4. The third-order valence-corrected chi connectivity index (χ3v) is 5.31. The van der Waals surface area contributed by atoms with Crippen LogP contribution in [-0.2, 0) is 13.1 Å². The summed E-state index contributed by atoms with van der Waals surface area (Å²) in [7, 11) is 1.94. The lowest BCUT2D eigenvalue weighted by atomic mass is 10.1. The Balaban J connectivity index is 2.06. The summed E-state index contributed by atoms with van der Waals surface area (Å²) in [5.41, 5.74) is 2.13. The second-order valence-corrected chi connectivity index (χ2v) is 7.87. The molecule has 0 fully saturated rings. The molecule has 0 saturated carbocycles. The Morgan fingerprint density at radius 3 is 2.69 bits per heavy atom. The van der Waals surface area contributed by atoms with Crippen molar-refractivity contribution >= 4 is 23.4 Å². The van der Waals surface area contributed by atoms with Crippen molar-refractivity contribution in [2.75, 3.05) is 7.05 Å². The summed E-state index contributed by atoms with van der Waals surface area (Å²) in [5, 5.41) is 5.12. The van der Waals surface area contributed by atoms with Gasteiger partial charge < -0.3 is 9.88 Å². The van der Waals surface area contributed by atoms with Gasteiger partial charge in [0, 0.05) is 16.1 Å². The van der Waals surface area contributed by atoms with E-state index in [0.29, 0.717) is 19.0 Å². The third kappa shape index (κ3) is 4.47. The van der Waals surface area contributed by atoms with Crippen molar-refractivity contribution in [3.8, 4) is 0 Å². The van der Waals surface area contributed by atoms with E-state index in [1.54, 1.807) is 11.8 Å². The van der Waals surface area contributed by atoms with E-state index in [-0.39, 0.29) is 0 Å². The minimum Gasteiger partial charge on any atom is -0.316 e. The molecule has 0 unspecified atom stereocenters. The molecule has 1 N–H and O–H groups in total. The van der Waals surface area contributed by atoms with Crippen LogP contribution in [0.4, 0.5) is 0 Å². The number of pyridine rings is 1. The van der Waals surface area contributed by atoms with Gasteiger partial charge in [-0.15, -0.1) is 0 Å². The zero-order valence-electron chi connectivity index (χ0n) is 15.2. The summed E-state index contributed by atoms with van der Waals surface area (Å²) in [6.45, 7) is 5.76. The van der Waals surface area contributed by atoms with Gasteiger partial charge in [-0.25, -0.2) is 4.98 Å². The van der Waals surface area contributed by atoms with Crippen LogP contribution < -0.4 is 5.32 Å². The van der Waals surface area contributed by atoms with Crippen LogP contribution in [0, 0.1) is 0 Å². The van der Waals surface area contributed by atoms with Gasteiger partial charge >= 0.3 is 0 Å². The fourth-order valence-electron chi connectivity index (χ4n) is 2.74. The maximum absolute atomic E-state index is 6.18. The first kappa shape index (κ1) is 19.0. The zero-order valence-corrected chi connectivity index (χ0v) is 16.8. The van der Waals surface area contributed by atoms with Gasteiger partial charge in [-0.05, 0) is 43.3 Å². The molecule has 0 aliphatic rings. The average Bonchev–Trinajstić information content (AvgIpc) is 2.94. The molecular formula is C20H23ClN4S. The first-order chi connectivity index (χ1) is 12.6. The highest BCUT2D eigenvalue weighted by Crippen LogP contribution is 2.36. The molecule has 136 valence electrons. The van der Waals surface area contributed by atoms with Crippen LogP contribution in [0.25, 0.3) is 0 Å². The molecule has 0 spiro atoms. The lowest BCUT2D eigenvalue weighted by Gasteiger charge is -2.13. The van der Waals surface area contributed by atoms with E-state index in [1.807, 2.05) is 49.6 Å². The Morgan fingerprint density at radius 1 is 1.19 bits per heavy atom. The summed E-state index contributed by atoms with van der Waals surface area (Å²) < 4.78 is 2.26. The number of nitrogens with one attached hydrogen (secondary N) is 1. The fraction of sp³-hybridized carbons (Fsp3) is 0.300. The number of rotatable bonds is 7. The molecule has 0 amide bonds. The van der Waals surface area contributed by atoms with Gasteiger partial charge in [-0.3, -0.25) is 4.98 Å². The Bertz CT molecular complexity index is 862. The summed E-state index contributed by atoms with van der Waals surface area (Å²) >= 11 is 7.89. The summed E-state index contributed by atoms with van der Waals surface area (Å²) in [6.07, 6.45) is 1.83. The molecule has 6 heteroatoms. The van der Waals surface area contributed by atoms with Crippen LogP contribution in [0.5, 0.6) is 0 Å². The number of hydrogen-bond donors (Lipinski definition) is 1. The number of aromatic nitrogens is 3. The highest BCUT2D eigenvalue weighted by Gasteiger charge is 2.20. The number of benzene rings is 1. The summed E-state index contributed by atoms with van der Waals surface area (Å²) in [5.74, 6) is 1.35. The smallest absolute Gasteiger partial charge is 0.124 e. The van der Waals surface area contributed by atoms with Crippen molar-refractivity contribution in [3.05, 3.63) is 70.9 Å². The predicted molar refractivity (Wildman–Crippen MR) is 108 cm³/mol. The lowest BCUT2D eigenvalue weighted by molar-refractivity contribution is 0.629. The Kier molecular flexibility index (Phi) is 6.35. The van der Waals surface area contributed by atoms with Crippen molar-refractivity contribution in [1.82, 2.24) is 19.9 Å². The third-order valence-electron chi connectivity index (χ3n) is 3.96. The van der Waals surface area contributed by atoms with E-state index in [2.05, 4.69) is 34.8 Å². The van der Waals surface area contributed by atoms with E-state index in [0.717, 1.165) is 32.2 Å². The van der Waals surface area contributed by atoms with Gasteiger partial charge in [0.15, 0.2) is 0 Å². The Morgan fingerprint density at radius 2 is 2.04 bits per heavy atom. The highest BCUT2D eigenvalue weighted by molar-refractivity contribution is 7.99. The van der Waals surface area contributed by atoms with Crippen LogP contribution in [0.1, 0.15) is 37.0 Å². The van der Waals surface area contributed by atoms with E-state index >= 15 is 0 Å². The SMILES string of the molecule is CNCc1nc(C(C)C)c(Sc2cccc(Cl)c2)n1Cc1ccccn1. The van der Waals surface area contributed by atoms with Crippen molar-refractivity contribution in [3.63, 3.8) is 0 Å². The molecule has 0 atom stereocenters. The summed E-state index contributed by atoms with van der Waals surface area (Å²) in [6, 6.07) is 14.0. The largest absolute Gasteiger partial charge is 0.316 e. The maximum Gasteiger partial charge on any atom is 0.124 e. The Labute approximate surface area is 164 Å². The minimum atomic E-state index is 0.331. The fourth-order valence-corrected chi connectivity index (χ4v) is 4.21. The van der Waals surface area contributed by atoms with Crippen molar-refractivity contribution in [2.45, 2.75) is 42.8 Å². The van der Waals surface area contributed by atoms with Crippen LogP contribution in [0.2, 0.25) is 5.02 Å². The Hall–Kier alpha value is -1.82. The molecule has 0 radical (unpaired) electrons. The molecule has 26 heavy (non-hydrogen) atoms. The van der Waals surface area contributed by atoms with E-state index < -0.39 is 0 Å². The molecule has 3 rings (SSSR count). The lowest BCUT2D eigenvalue weighted by Crippen LogP contribution is -2.14. The molecule has 1 aromatic carbocycles. The average molecular weight is 387 g/mol. The zero-order chi connectivity index (χ0) is 18.5. The van der Waals surface area contributed by atoms with Gasteiger partial charge in [0.1, 0.15) is 10.9 Å². The second kappa shape index (κ2) is 8.71. The first-order valence-corrected chi connectivity index (χ1v) is 9.85. The van der Waals surface area contributed by atoms with Crippen molar-refractivity contribution < 1.29 is 0 Å². The van der Waals surface area contributed by atoms with E-state index in [9.17, 15) is 0 Å². The molecule has 4 nitrogen and oxygen atoms in total. The van der Waals surface area contributed by atoms with Gasteiger partial charge in [0.2, 0.25) is 0 Å². The van der Waals surface area contributed by atoms with Gasteiger partial charge in [0.05, 0.1) is 24.5 Å². The van der Waals surface area contributed by atoms with Crippen molar-refractivity contribution in [1.29, 1.82) is 0 Å². The highest BCUT2D eigenvalue weighted by atomic mass is 35.5. The molecule has 0 aliphatic heterocycles. The summed E-state index contributed by atoms with van der Waals surface area (Å²) in [4.78, 5) is 10.5. The molecule has 3 aromatic rings. The van der Waals surface area contributed by atoms with Crippen molar-refractivity contribution in [2.24, 2.45) is 0 Å². The van der Waals surface area contributed by atoms with Crippen LogP contribution >= 0.6 is 23.4 Å².